The summed E-state index contributed by atoms with van der Waals surface area (Å²) in [5, 5.41) is 4.31. The molecule has 2 heterocycles. The molecule has 2 aromatic heterocycles. The molecule has 6 heteroatoms. The minimum atomic E-state index is -0.496. The molecule has 0 saturated heterocycles. The smallest absolute Gasteiger partial charge is 0.167 e. The number of nitrogen functional groups attached to an aromatic ring is 1. The van der Waals surface area contributed by atoms with Crippen LogP contribution in [0.1, 0.15) is 5.56 Å². The third kappa shape index (κ3) is 3.32. The standard InChI is InChI=1S/C20H16FN3OS/c1-12-3-2-4-14(9-12)24-19-11-16-20(26-19)18(7-8-23-16)25-17-6-5-13(22)10-15(17)21/h2-11,24H,22H2,1H3. The minimum absolute atomic E-state index is 0.133. The van der Waals surface area contributed by atoms with E-state index in [0.717, 1.165) is 20.9 Å². The van der Waals surface area contributed by atoms with Gasteiger partial charge in [0, 0.05) is 29.7 Å². The monoisotopic (exact) mass is 365 g/mol. The summed E-state index contributed by atoms with van der Waals surface area (Å²) in [6.45, 7) is 2.05. The molecule has 0 aliphatic carbocycles. The van der Waals surface area contributed by atoms with E-state index in [1.165, 1.54) is 29.0 Å². The first-order valence-corrected chi connectivity index (χ1v) is 8.85. The number of ether oxygens (including phenoxy) is 1. The zero-order chi connectivity index (χ0) is 18.1. The van der Waals surface area contributed by atoms with Crippen LogP contribution in [0.5, 0.6) is 11.5 Å². The van der Waals surface area contributed by atoms with E-state index >= 15 is 0 Å². The number of pyridine rings is 1. The van der Waals surface area contributed by atoms with Gasteiger partial charge in [0.25, 0.3) is 0 Å². The molecule has 0 fully saturated rings. The highest BCUT2D eigenvalue weighted by atomic mass is 32.1. The molecular weight excluding hydrogens is 349 g/mol. The number of anilines is 3. The van der Waals surface area contributed by atoms with Gasteiger partial charge in [-0.15, -0.1) is 11.3 Å². The Morgan fingerprint density at radius 1 is 1.08 bits per heavy atom. The van der Waals surface area contributed by atoms with Crippen molar-refractivity contribution >= 4 is 37.9 Å². The second-order valence-electron chi connectivity index (χ2n) is 5.92. The number of aromatic nitrogens is 1. The largest absolute Gasteiger partial charge is 0.453 e. The van der Waals surface area contributed by atoms with Gasteiger partial charge in [0.1, 0.15) is 5.75 Å². The third-order valence-corrected chi connectivity index (χ3v) is 4.89. The van der Waals surface area contributed by atoms with E-state index in [1.807, 2.05) is 31.2 Å². The molecule has 0 radical (unpaired) electrons. The molecule has 0 bridgehead atoms. The molecule has 0 aliphatic heterocycles. The fraction of sp³-hybridized carbons (Fsp3) is 0.0500. The molecule has 2 aromatic carbocycles. The van der Waals surface area contributed by atoms with Crippen molar-refractivity contribution in [3.05, 3.63) is 72.2 Å². The molecule has 0 aliphatic rings. The Morgan fingerprint density at radius 3 is 2.77 bits per heavy atom. The number of nitrogens with zero attached hydrogens (tertiary/aromatic N) is 1. The number of hydrogen-bond acceptors (Lipinski definition) is 5. The van der Waals surface area contributed by atoms with Gasteiger partial charge in [-0.05, 0) is 42.8 Å². The molecular formula is C20H16FN3OS. The van der Waals surface area contributed by atoms with E-state index in [4.69, 9.17) is 10.5 Å². The first-order chi connectivity index (χ1) is 12.6. The predicted octanol–water partition coefficient (Wildman–Crippen LogP) is 5.86. The van der Waals surface area contributed by atoms with Crippen molar-refractivity contribution in [2.75, 3.05) is 11.1 Å². The number of nitrogens with one attached hydrogen (secondary N) is 1. The van der Waals surface area contributed by atoms with E-state index in [9.17, 15) is 4.39 Å². The summed E-state index contributed by atoms with van der Waals surface area (Å²) >= 11 is 1.51. The maximum absolute atomic E-state index is 14.0. The van der Waals surface area contributed by atoms with Gasteiger partial charge in [-0.3, -0.25) is 4.98 Å². The van der Waals surface area contributed by atoms with E-state index in [0.29, 0.717) is 11.4 Å². The van der Waals surface area contributed by atoms with Crippen LogP contribution in [0, 0.1) is 12.7 Å². The third-order valence-electron chi connectivity index (χ3n) is 3.84. The molecule has 4 aromatic rings. The lowest BCUT2D eigenvalue weighted by Gasteiger charge is -2.07. The van der Waals surface area contributed by atoms with Crippen LogP contribution < -0.4 is 15.8 Å². The van der Waals surface area contributed by atoms with Crippen LogP contribution in [-0.4, -0.2) is 4.98 Å². The molecule has 26 heavy (non-hydrogen) atoms. The Morgan fingerprint density at radius 2 is 1.96 bits per heavy atom. The molecule has 0 unspecified atom stereocenters. The van der Waals surface area contributed by atoms with Gasteiger partial charge in [-0.25, -0.2) is 4.39 Å². The lowest BCUT2D eigenvalue weighted by Crippen LogP contribution is -1.91. The second kappa shape index (κ2) is 6.65. The van der Waals surface area contributed by atoms with Crippen LogP contribution in [0.15, 0.2) is 60.8 Å². The van der Waals surface area contributed by atoms with E-state index in [1.54, 1.807) is 18.3 Å². The normalized spacial score (nSPS) is 10.8. The maximum Gasteiger partial charge on any atom is 0.167 e. The van der Waals surface area contributed by atoms with E-state index in [-0.39, 0.29) is 5.75 Å². The lowest BCUT2D eigenvalue weighted by atomic mass is 10.2. The van der Waals surface area contributed by atoms with Crippen LogP contribution in [0.3, 0.4) is 0 Å². The zero-order valence-electron chi connectivity index (χ0n) is 14.0. The van der Waals surface area contributed by atoms with Gasteiger partial charge in [0.05, 0.1) is 15.2 Å². The molecule has 0 amide bonds. The SMILES string of the molecule is Cc1cccc(Nc2cc3nccc(Oc4ccc(N)cc4F)c3s2)c1. The van der Waals surface area contributed by atoms with Gasteiger partial charge in [-0.1, -0.05) is 12.1 Å². The summed E-state index contributed by atoms with van der Waals surface area (Å²) in [4.78, 5) is 4.38. The summed E-state index contributed by atoms with van der Waals surface area (Å²) in [6.07, 6.45) is 1.65. The number of halogens is 1. The summed E-state index contributed by atoms with van der Waals surface area (Å²) in [6, 6.07) is 16.2. The summed E-state index contributed by atoms with van der Waals surface area (Å²) in [5.74, 6) is 0.193. The molecule has 4 rings (SSSR count). The first kappa shape index (κ1) is 16.4. The van der Waals surface area contributed by atoms with Gasteiger partial charge in [0.2, 0.25) is 0 Å². The van der Waals surface area contributed by atoms with E-state index in [2.05, 4.69) is 16.4 Å². The lowest BCUT2D eigenvalue weighted by molar-refractivity contribution is 0.447. The van der Waals surface area contributed by atoms with Gasteiger partial charge in [0.15, 0.2) is 11.6 Å². The quantitative estimate of drug-likeness (QED) is 0.445. The highest BCUT2D eigenvalue weighted by Gasteiger charge is 2.12. The van der Waals surface area contributed by atoms with E-state index < -0.39 is 5.82 Å². The Labute approximate surface area is 154 Å². The number of aryl methyl sites for hydroxylation is 1. The highest BCUT2D eigenvalue weighted by Crippen LogP contribution is 2.38. The fourth-order valence-electron chi connectivity index (χ4n) is 2.64. The zero-order valence-corrected chi connectivity index (χ0v) is 14.8. The fourth-order valence-corrected chi connectivity index (χ4v) is 3.63. The van der Waals surface area contributed by atoms with Crippen molar-refractivity contribution in [3.63, 3.8) is 0 Å². The summed E-state index contributed by atoms with van der Waals surface area (Å²) in [7, 11) is 0. The number of fused-ring (bicyclic) bond motifs is 1. The van der Waals surface area contributed by atoms with Crippen LogP contribution in [0.4, 0.5) is 20.8 Å². The Kier molecular flexibility index (Phi) is 4.18. The second-order valence-corrected chi connectivity index (χ2v) is 6.97. The first-order valence-electron chi connectivity index (χ1n) is 8.03. The van der Waals surface area contributed by atoms with Gasteiger partial charge >= 0.3 is 0 Å². The van der Waals surface area contributed by atoms with Crippen molar-refractivity contribution in [2.45, 2.75) is 6.92 Å². The average Bonchev–Trinajstić information content (AvgIpc) is 3.01. The maximum atomic E-state index is 14.0. The average molecular weight is 365 g/mol. The summed E-state index contributed by atoms with van der Waals surface area (Å²) < 4.78 is 20.7. The molecule has 130 valence electrons. The Bertz CT molecular complexity index is 1090. The minimum Gasteiger partial charge on any atom is -0.453 e. The molecule has 3 N–H and O–H groups in total. The number of benzene rings is 2. The number of rotatable bonds is 4. The molecule has 0 atom stereocenters. The van der Waals surface area contributed by atoms with Crippen LogP contribution >= 0.6 is 11.3 Å². The van der Waals surface area contributed by atoms with Gasteiger partial charge in [-0.2, -0.15) is 0 Å². The molecule has 0 spiro atoms. The van der Waals surface area contributed by atoms with Crippen molar-refractivity contribution in [2.24, 2.45) is 0 Å². The van der Waals surface area contributed by atoms with Crippen LogP contribution in [0.2, 0.25) is 0 Å². The topological polar surface area (TPSA) is 60.2 Å². The molecule has 0 saturated carbocycles. The van der Waals surface area contributed by atoms with Crippen LogP contribution in [-0.2, 0) is 0 Å². The number of thiophene rings is 1. The summed E-state index contributed by atoms with van der Waals surface area (Å²) in [5.41, 5.74) is 8.92. The highest BCUT2D eigenvalue weighted by molar-refractivity contribution is 7.23. The number of nitrogens with two attached hydrogens (primary N) is 1. The predicted molar refractivity (Wildman–Crippen MR) is 105 cm³/mol. The van der Waals surface area contributed by atoms with Gasteiger partial charge < -0.3 is 15.8 Å². The number of hydrogen-bond donors (Lipinski definition) is 2. The molecule has 4 nitrogen and oxygen atoms in total. The van der Waals surface area contributed by atoms with Crippen molar-refractivity contribution in [1.82, 2.24) is 4.98 Å². The van der Waals surface area contributed by atoms with Crippen molar-refractivity contribution in [1.29, 1.82) is 0 Å². The Balaban J connectivity index is 1.67. The van der Waals surface area contributed by atoms with Crippen molar-refractivity contribution in [3.8, 4) is 11.5 Å². The Hall–Kier alpha value is -3.12. The van der Waals surface area contributed by atoms with Crippen LogP contribution in [0.25, 0.3) is 10.2 Å². The van der Waals surface area contributed by atoms with Crippen molar-refractivity contribution < 1.29 is 9.13 Å².